The number of fused-ring (bicyclic) bond motifs is 3. The Bertz CT molecular complexity index is 694. The second-order valence-corrected chi connectivity index (χ2v) is 14.8. The quantitative estimate of drug-likeness (QED) is 0.611. The van der Waals surface area contributed by atoms with Crippen LogP contribution in [0.5, 0.6) is 5.75 Å². The van der Waals surface area contributed by atoms with E-state index in [4.69, 9.17) is 9.16 Å². The van der Waals surface area contributed by atoms with Gasteiger partial charge < -0.3 is 14.1 Å². The van der Waals surface area contributed by atoms with Gasteiger partial charge in [0.1, 0.15) is 11.9 Å². The third-order valence-corrected chi connectivity index (χ3v) is 12.9. The van der Waals surface area contributed by atoms with Gasteiger partial charge in [0.2, 0.25) is 5.91 Å². The van der Waals surface area contributed by atoms with Crippen LogP contribution >= 0.6 is 0 Å². The fourth-order valence-corrected chi connectivity index (χ4v) is 10.9. The van der Waals surface area contributed by atoms with E-state index in [-0.39, 0.29) is 18.1 Å². The molecule has 3 rings (SSSR count). The molecule has 1 aliphatic carbocycles. The molecular weight excluding hydrogens is 366 g/mol. The molecule has 156 valence electrons. The first-order chi connectivity index (χ1) is 13.2. The van der Waals surface area contributed by atoms with Gasteiger partial charge in [-0.3, -0.25) is 4.79 Å². The Kier molecular flexibility index (Phi) is 6.25. The molecule has 2 aliphatic rings. The van der Waals surface area contributed by atoms with E-state index in [1.54, 1.807) is 6.92 Å². The van der Waals surface area contributed by atoms with Crippen molar-refractivity contribution in [2.75, 3.05) is 13.2 Å². The summed E-state index contributed by atoms with van der Waals surface area (Å²) in [6.07, 6.45) is 1.93. The number of morpholine rings is 1. The highest BCUT2D eigenvalue weighted by Gasteiger charge is 2.47. The van der Waals surface area contributed by atoms with Gasteiger partial charge in [0.25, 0.3) is 8.32 Å². The van der Waals surface area contributed by atoms with Gasteiger partial charge in [-0.05, 0) is 52.7 Å². The molecule has 1 aromatic carbocycles. The highest BCUT2D eigenvalue weighted by molar-refractivity contribution is 6.78. The third-order valence-electron chi connectivity index (χ3n) is 6.92. The van der Waals surface area contributed by atoms with Gasteiger partial charge in [-0.1, -0.05) is 47.6 Å². The second kappa shape index (κ2) is 8.19. The molecule has 28 heavy (non-hydrogen) atoms. The summed E-state index contributed by atoms with van der Waals surface area (Å²) in [5, 5.41) is 0. The molecule has 0 spiro atoms. The lowest BCUT2D eigenvalue weighted by Crippen LogP contribution is -2.51. The van der Waals surface area contributed by atoms with Crippen LogP contribution in [-0.4, -0.2) is 38.3 Å². The molecule has 1 aromatic rings. The largest absolute Gasteiger partial charge is 0.543 e. The van der Waals surface area contributed by atoms with Crippen molar-refractivity contribution in [1.82, 2.24) is 4.90 Å². The second-order valence-electron chi connectivity index (χ2n) is 9.39. The molecule has 0 saturated carbocycles. The van der Waals surface area contributed by atoms with Crippen molar-refractivity contribution >= 4 is 14.2 Å². The highest BCUT2D eigenvalue weighted by Crippen LogP contribution is 2.44. The smallest absolute Gasteiger partial charge is 0.258 e. The summed E-state index contributed by atoms with van der Waals surface area (Å²) < 4.78 is 13.1. The van der Waals surface area contributed by atoms with Crippen molar-refractivity contribution in [2.45, 2.75) is 90.1 Å². The summed E-state index contributed by atoms with van der Waals surface area (Å²) in [4.78, 5) is 14.1. The lowest BCUT2D eigenvalue weighted by molar-refractivity contribution is -0.145. The van der Waals surface area contributed by atoms with E-state index in [9.17, 15) is 4.79 Å². The van der Waals surface area contributed by atoms with Gasteiger partial charge in [0.05, 0.1) is 12.6 Å². The average molecular weight is 404 g/mol. The van der Waals surface area contributed by atoms with Gasteiger partial charge in [-0.15, -0.1) is 0 Å². The van der Waals surface area contributed by atoms with E-state index in [2.05, 4.69) is 59.7 Å². The molecule has 1 fully saturated rings. The summed E-state index contributed by atoms with van der Waals surface area (Å²) in [7, 11) is -1.99. The Morgan fingerprint density at radius 3 is 2.36 bits per heavy atom. The number of carbonyl (C=O) groups excluding carboxylic acids is 1. The molecule has 1 saturated heterocycles. The van der Waals surface area contributed by atoms with Crippen molar-refractivity contribution in [3.8, 4) is 5.75 Å². The fraction of sp³-hybridized carbons (Fsp3) is 0.696. The fourth-order valence-electron chi connectivity index (χ4n) is 5.70. The molecule has 2 atom stereocenters. The van der Waals surface area contributed by atoms with Gasteiger partial charge in [-0.25, -0.2) is 0 Å². The predicted octanol–water partition coefficient (Wildman–Crippen LogP) is 5.48. The van der Waals surface area contributed by atoms with Crippen LogP contribution in [0.25, 0.3) is 0 Å². The maximum atomic E-state index is 12.1. The molecule has 0 radical (unpaired) electrons. The number of ether oxygens (including phenoxy) is 1. The van der Waals surface area contributed by atoms with Crippen molar-refractivity contribution in [2.24, 2.45) is 0 Å². The number of rotatable bonds is 5. The number of amides is 1. The maximum Gasteiger partial charge on any atom is 0.258 e. The number of hydrogen-bond donors (Lipinski definition) is 0. The van der Waals surface area contributed by atoms with Gasteiger partial charge in [-0.2, -0.15) is 0 Å². The standard InChI is InChI=1S/C23H37NO3Si/c1-15(2)28(16(3)4,17(5)6)27-20-10-8-19-9-11-22-23(21(19)14-20)26-13-12-24(22)18(7)25/h8,10,14-17,22-23H,9,11-13H2,1-7H3/t22-,23-/m1/s1. The Morgan fingerprint density at radius 2 is 1.79 bits per heavy atom. The lowest BCUT2D eigenvalue weighted by Gasteiger charge is -2.45. The van der Waals surface area contributed by atoms with Gasteiger partial charge >= 0.3 is 0 Å². The molecule has 0 bridgehead atoms. The first kappa shape index (κ1) is 21.4. The Balaban J connectivity index is 1.95. The number of aryl methyl sites for hydroxylation is 1. The number of nitrogens with zero attached hydrogens (tertiary/aromatic N) is 1. The minimum atomic E-state index is -1.99. The van der Waals surface area contributed by atoms with Crippen LogP contribution in [-0.2, 0) is 16.0 Å². The topological polar surface area (TPSA) is 38.8 Å². The zero-order chi connectivity index (χ0) is 20.6. The zero-order valence-corrected chi connectivity index (χ0v) is 19.6. The molecule has 4 nitrogen and oxygen atoms in total. The van der Waals surface area contributed by atoms with Crippen LogP contribution in [0.15, 0.2) is 18.2 Å². The molecule has 1 aliphatic heterocycles. The first-order valence-electron chi connectivity index (χ1n) is 10.9. The van der Waals surface area contributed by atoms with Gasteiger partial charge in [0.15, 0.2) is 0 Å². The van der Waals surface area contributed by atoms with Gasteiger partial charge in [0, 0.05) is 13.5 Å². The molecule has 1 amide bonds. The van der Waals surface area contributed by atoms with Crippen LogP contribution in [0.1, 0.15) is 72.1 Å². The molecule has 5 heteroatoms. The minimum Gasteiger partial charge on any atom is -0.543 e. The van der Waals surface area contributed by atoms with E-state index in [1.165, 1.54) is 11.1 Å². The molecule has 0 unspecified atom stereocenters. The van der Waals surface area contributed by atoms with Crippen LogP contribution in [0.2, 0.25) is 16.6 Å². The first-order valence-corrected chi connectivity index (χ1v) is 13.0. The summed E-state index contributed by atoms with van der Waals surface area (Å²) in [6.45, 7) is 16.9. The van der Waals surface area contributed by atoms with Crippen molar-refractivity contribution in [3.05, 3.63) is 29.3 Å². The van der Waals surface area contributed by atoms with Crippen molar-refractivity contribution in [3.63, 3.8) is 0 Å². The van der Waals surface area contributed by atoms with Crippen LogP contribution < -0.4 is 4.43 Å². The third kappa shape index (κ3) is 3.63. The SMILES string of the molecule is CC(=O)N1CCO[C@@H]2c3cc(O[Si](C(C)C)(C(C)C)C(C)C)ccc3CC[C@H]21. The summed E-state index contributed by atoms with van der Waals surface area (Å²) in [5.41, 5.74) is 4.17. The average Bonchev–Trinajstić information content (AvgIpc) is 2.64. The number of carbonyl (C=O) groups is 1. The Morgan fingerprint density at radius 1 is 1.14 bits per heavy atom. The predicted molar refractivity (Wildman–Crippen MR) is 116 cm³/mol. The minimum absolute atomic E-state index is 0.0295. The summed E-state index contributed by atoms with van der Waals surface area (Å²) in [5.74, 6) is 1.13. The summed E-state index contributed by atoms with van der Waals surface area (Å²) >= 11 is 0. The monoisotopic (exact) mass is 403 g/mol. The van der Waals surface area contributed by atoms with Crippen molar-refractivity contribution in [1.29, 1.82) is 0 Å². The Hall–Kier alpha value is -1.33. The highest BCUT2D eigenvalue weighted by atomic mass is 28.4. The van der Waals surface area contributed by atoms with Crippen LogP contribution in [0.3, 0.4) is 0 Å². The number of hydrogen-bond acceptors (Lipinski definition) is 3. The summed E-state index contributed by atoms with van der Waals surface area (Å²) in [6, 6.07) is 6.73. The Labute approximate surface area is 171 Å². The van der Waals surface area contributed by atoms with Crippen LogP contribution in [0, 0.1) is 0 Å². The van der Waals surface area contributed by atoms with E-state index in [0.717, 1.165) is 18.6 Å². The zero-order valence-electron chi connectivity index (χ0n) is 18.6. The maximum absolute atomic E-state index is 12.1. The van der Waals surface area contributed by atoms with E-state index < -0.39 is 8.32 Å². The van der Waals surface area contributed by atoms with E-state index in [0.29, 0.717) is 29.8 Å². The molecule has 1 heterocycles. The number of benzene rings is 1. The molecule has 0 N–H and O–H groups in total. The molecule has 0 aromatic heterocycles. The normalized spacial score (nSPS) is 22.4. The van der Waals surface area contributed by atoms with Crippen molar-refractivity contribution < 1.29 is 14.0 Å². The van der Waals surface area contributed by atoms with E-state index in [1.807, 2.05) is 4.90 Å². The molecular formula is C23H37NO3Si. The van der Waals surface area contributed by atoms with E-state index >= 15 is 0 Å². The van der Waals surface area contributed by atoms with Crippen LogP contribution in [0.4, 0.5) is 0 Å². The lowest BCUT2D eigenvalue weighted by atomic mass is 9.84.